The minimum Gasteiger partial charge on any atom is -0.470 e. The second kappa shape index (κ2) is 11.2. The van der Waals surface area contributed by atoms with Gasteiger partial charge in [0.05, 0.1) is 11.8 Å². The van der Waals surface area contributed by atoms with Crippen molar-refractivity contribution in [1.82, 2.24) is 4.98 Å². The number of carbonyl (C=O) groups is 1. The lowest BCUT2D eigenvalue weighted by Crippen LogP contribution is -2.22. The number of ether oxygens (including phenoxy) is 2. The Balaban J connectivity index is 1.72. The maximum absolute atomic E-state index is 11.8. The van der Waals surface area contributed by atoms with Crippen LogP contribution >= 0.6 is 0 Å². The number of carbonyl (C=O) groups excluding carboxylic acids is 1. The van der Waals surface area contributed by atoms with Gasteiger partial charge in [-0.25, -0.2) is 9.98 Å². The Kier molecular flexibility index (Phi) is 7.43. The molecule has 0 saturated carbocycles. The molecule has 8 heteroatoms. The summed E-state index contributed by atoms with van der Waals surface area (Å²) in [5.41, 5.74) is 6.92. The van der Waals surface area contributed by atoms with Crippen LogP contribution in [0.25, 0.3) is 10.9 Å². The van der Waals surface area contributed by atoms with Crippen molar-refractivity contribution in [1.29, 1.82) is 0 Å². The summed E-state index contributed by atoms with van der Waals surface area (Å²) in [6, 6.07) is 7.69. The van der Waals surface area contributed by atoms with E-state index in [0.29, 0.717) is 24.9 Å². The quantitative estimate of drug-likeness (QED) is 0.703. The largest absolute Gasteiger partial charge is 0.470 e. The van der Waals surface area contributed by atoms with E-state index in [-0.39, 0.29) is 5.71 Å². The van der Waals surface area contributed by atoms with E-state index in [1.165, 1.54) is 24.7 Å². The molecule has 0 aliphatic carbocycles. The van der Waals surface area contributed by atoms with Gasteiger partial charge in [0.2, 0.25) is 5.88 Å². The van der Waals surface area contributed by atoms with Crippen molar-refractivity contribution >= 4 is 34.4 Å². The molecule has 0 radical (unpaired) electrons. The van der Waals surface area contributed by atoms with Crippen molar-refractivity contribution in [3.63, 3.8) is 0 Å². The normalized spacial score (nSPS) is 24.1. The summed E-state index contributed by atoms with van der Waals surface area (Å²) in [6.07, 6.45) is 22.5. The number of fused-ring (bicyclic) bond motifs is 2. The predicted molar refractivity (Wildman–Crippen MR) is 135 cm³/mol. The number of amides is 1. The van der Waals surface area contributed by atoms with E-state index in [9.17, 15) is 4.79 Å². The van der Waals surface area contributed by atoms with Crippen molar-refractivity contribution < 1.29 is 14.3 Å². The summed E-state index contributed by atoms with van der Waals surface area (Å²) in [5, 5.41) is 0.897. The van der Waals surface area contributed by atoms with Crippen LogP contribution in [0.15, 0.2) is 108 Å². The minimum absolute atomic E-state index is 0.00960. The van der Waals surface area contributed by atoms with Gasteiger partial charge in [-0.15, -0.1) is 0 Å². The van der Waals surface area contributed by atoms with E-state index in [2.05, 4.69) is 15.0 Å². The number of allylic oxidation sites excluding steroid dienone is 7. The highest BCUT2D eigenvalue weighted by atomic mass is 16.5. The van der Waals surface area contributed by atoms with E-state index < -0.39 is 5.91 Å². The SMILES string of the molecule is NC(=O)C1=N/C=C\N=C\C=C/C=C\C=C/C=C\CN2COc3c2c(nc2ccccc32)O/C=C\1. The Morgan fingerprint density at radius 2 is 1.79 bits per heavy atom. The summed E-state index contributed by atoms with van der Waals surface area (Å²) >= 11 is 0. The van der Waals surface area contributed by atoms with Gasteiger partial charge >= 0.3 is 0 Å². The molecule has 0 spiro atoms. The molecule has 34 heavy (non-hydrogen) atoms. The van der Waals surface area contributed by atoms with E-state index in [4.69, 9.17) is 15.2 Å². The number of rotatable bonds is 1. The van der Waals surface area contributed by atoms with Crippen LogP contribution in [0.5, 0.6) is 11.6 Å². The fourth-order valence-corrected chi connectivity index (χ4v) is 3.25. The molecule has 0 bridgehead atoms. The standard InChI is InChI=1S/C26H23N5O3/c27-25(32)22-13-18-33-26-23-24(20-11-7-8-12-21(20)30-26)34-19-31(23)17-10-6-4-2-1-3-5-9-14-28-15-16-29-22/h1-16,18H,17,19H2,(H2,27,32)/b3-1-,4-2-,9-5-,10-6-,16-15-,18-13-,28-14+,29-22+. The van der Waals surface area contributed by atoms with Gasteiger partial charge in [-0.1, -0.05) is 54.7 Å². The second-order valence-corrected chi connectivity index (χ2v) is 7.09. The van der Waals surface area contributed by atoms with Crippen LogP contribution in [0.1, 0.15) is 0 Å². The van der Waals surface area contributed by atoms with Crippen molar-refractivity contribution in [2.75, 3.05) is 18.2 Å². The number of para-hydroxylation sites is 1. The van der Waals surface area contributed by atoms with E-state index in [1.807, 2.05) is 71.7 Å². The molecule has 0 fully saturated rings. The Morgan fingerprint density at radius 3 is 2.65 bits per heavy atom. The lowest BCUT2D eigenvalue weighted by atomic mass is 10.2. The van der Waals surface area contributed by atoms with Gasteiger partial charge in [0.1, 0.15) is 11.4 Å². The Hall–Kier alpha value is -4.72. The van der Waals surface area contributed by atoms with Gasteiger partial charge in [0, 0.05) is 36.6 Å². The number of anilines is 1. The number of pyridine rings is 1. The summed E-state index contributed by atoms with van der Waals surface area (Å²) in [6.45, 7) is 0.957. The van der Waals surface area contributed by atoms with Crippen LogP contribution in [0.4, 0.5) is 5.69 Å². The molecule has 8 nitrogen and oxygen atoms in total. The maximum atomic E-state index is 11.8. The fraction of sp³-hybridized carbons (Fsp3) is 0.0769. The number of aromatic nitrogens is 1. The third-order valence-corrected chi connectivity index (χ3v) is 4.79. The van der Waals surface area contributed by atoms with Gasteiger partial charge in [-0.05, 0) is 18.2 Å². The zero-order chi connectivity index (χ0) is 23.6. The Bertz CT molecular complexity index is 1300. The summed E-state index contributed by atoms with van der Waals surface area (Å²) < 4.78 is 11.9. The first-order chi connectivity index (χ1) is 16.7. The molecular formula is C26H23N5O3. The van der Waals surface area contributed by atoms with Crippen molar-refractivity contribution in [2.24, 2.45) is 15.7 Å². The first-order valence-electron chi connectivity index (χ1n) is 10.6. The lowest BCUT2D eigenvalue weighted by Gasteiger charge is -2.16. The Morgan fingerprint density at radius 1 is 1.00 bits per heavy atom. The van der Waals surface area contributed by atoms with E-state index >= 15 is 0 Å². The summed E-state index contributed by atoms with van der Waals surface area (Å²) in [7, 11) is 0. The number of benzene rings is 1. The third-order valence-electron chi connectivity index (χ3n) is 4.79. The highest BCUT2D eigenvalue weighted by molar-refractivity contribution is 6.42. The van der Waals surface area contributed by atoms with Gasteiger partial charge in [0.25, 0.3) is 5.91 Å². The van der Waals surface area contributed by atoms with Crippen LogP contribution in [-0.2, 0) is 4.79 Å². The number of nitrogens with two attached hydrogens (primary N) is 1. The van der Waals surface area contributed by atoms with E-state index in [0.717, 1.165) is 16.6 Å². The molecule has 2 N–H and O–H groups in total. The number of nitrogens with zero attached hydrogens (tertiary/aromatic N) is 4. The molecule has 1 amide bonds. The maximum Gasteiger partial charge on any atom is 0.267 e. The van der Waals surface area contributed by atoms with Crippen LogP contribution in [0.3, 0.4) is 0 Å². The second-order valence-electron chi connectivity index (χ2n) is 7.09. The highest BCUT2D eigenvalue weighted by Crippen LogP contribution is 2.45. The summed E-state index contributed by atoms with van der Waals surface area (Å²) in [4.78, 5) is 26.5. The monoisotopic (exact) mass is 453 g/mol. The number of aliphatic imine (C=N–C) groups is 2. The molecule has 4 rings (SSSR count). The predicted octanol–water partition coefficient (Wildman–Crippen LogP) is 3.99. The molecule has 0 unspecified atom stereocenters. The zero-order valence-electron chi connectivity index (χ0n) is 18.3. The van der Waals surface area contributed by atoms with Crippen LogP contribution in [0, 0.1) is 0 Å². The average Bonchev–Trinajstić information content (AvgIpc) is 3.27. The lowest BCUT2D eigenvalue weighted by molar-refractivity contribution is -0.111. The van der Waals surface area contributed by atoms with Gasteiger partial charge < -0.3 is 20.1 Å². The van der Waals surface area contributed by atoms with Crippen LogP contribution < -0.4 is 20.1 Å². The first kappa shape index (κ1) is 22.5. The number of hydrogen-bond donors (Lipinski definition) is 1. The number of hydrogen-bond acceptors (Lipinski definition) is 7. The zero-order valence-corrected chi connectivity index (χ0v) is 18.3. The molecule has 0 saturated heterocycles. The third kappa shape index (κ3) is 5.55. The van der Waals surface area contributed by atoms with Crippen LogP contribution in [-0.4, -0.2) is 36.1 Å². The molecular weight excluding hydrogens is 430 g/mol. The van der Waals surface area contributed by atoms with Crippen molar-refractivity contribution in [3.8, 4) is 11.6 Å². The van der Waals surface area contributed by atoms with Crippen molar-refractivity contribution in [3.05, 3.63) is 97.6 Å². The number of primary amides is 1. The first-order valence-corrected chi connectivity index (χ1v) is 10.6. The van der Waals surface area contributed by atoms with E-state index in [1.54, 1.807) is 12.3 Å². The Labute approximate surface area is 197 Å². The molecule has 170 valence electrons. The molecule has 1 aromatic carbocycles. The van der Waals surface area contributed by atoms with Crippen molar-refractivity contribution in [2.45, 2.75) is 0 Å². The highest BCUT2D eigenvalue weighted by Gasteiger charge is 2.28. The topological polar surface area (TPSA) is 102 Å². The molecule has 2 aliphatic heterocycles. The smallest absolute Gasteiger partial charge is 0.267 e. The molecule has 0 atom stereocenters. The molecule has 3 heterocycles. The van der Waals surface area contributed by atoms with Crippen LogP contribution in [0.2, 0.25) is 0 Å². The molecule has 2 aliphatic rings. The molecule has 2 aromatic rings. The average molecular weight is 454 g/mol. The van der Waals surface area contributed by atoms with Gasteiger partial charge in [-0.2, -0.15) is 0 Å². The molecule has 1 aromatic heterocycles. The summed E-state index contributed by atoms with van der Waals surface area (Å²) in [5.74, 6) is 0.363. The minimum atomic E-state index is -0.698. The van der Waals surface area contributed by atoms with Gasteiger partial charge in [-0.3, -0.25) is 9.79 Å². The fourth-order valence-electron chi connectivity index (χ4n) is 3.25. The van der Waals surface area contributed by atoms with Gasteiger partial charge in [0.15, 0.2) is 12.5 Å².